The molecular formula is C6H9NO2. The van der Waals surface area contributed by atoms with Crippen molar-refractivity contribution in [2.24, 2.45) is 0 Å². The van der Waals surface area contributed by atoms with Crippen molar-refractivity contribution in [3.63, 3.8) is 0 Å². The van der Waals surface area contributed by atoms with Crippen LogP contribution in [0.25, 0.3) is 0 Å². The van der Waals surface area contributed by atoms with Crippen LogP contribution in [0.3, 0.4) is 0 Å². The fraction of sp³-hybridized carbons (Fsp3) is 0.500. The Labute approximate surface area is 53.3 Å². The number of rotatable bonds is 0. The molecular weight excluding hydrogens is 118 g/mol. The molecule has 1 saturated heterocycles. The van der Waals surface area contributed by atoms with E-state index in [1.54, 1.807) is 4.90 Å². The summed E-state index contributed by atoms with van der Waals surface area (Å²) in [5.41, 5.74) is 0. The van der Waals surface area contributed by atoms with Crippen molar-refractivity contribution in [3.05, 3.63) is 12.3 Å². The molecule has 2 rings (SSSR count). The van der Waals surface area contributed by atoms with Gasteiger partial charge in [-0.15, -0.1) is 0 Å². The molecule has 0 radical (unpaired) electrons. The van der Waals surface area contributed by atoms with E-state index in [1.807, 2.05) is 6.20 Å². The van der Waals surface area contributed by atoms with Crippen LogP contribution in [-0.2, 0) is 4.79 Å². The molecule has 50 valence electrons. The largest absolute Gasteiger partial charge is 0.412 e. The summed E-state index contributed by atoms with van der Waals surface area (Å²) in [7, 11) is 0. The molecule has 0 spiro atoms. The van der Waals surface area contributed by atoms with Crippen LogP contribution in [0.1, 0.15) is 12.8 Å². The zero-order valence-corrected chi connectivity index (χ0v) is 5.00. The number of carbonyl (C=O) groups excluding carboxylic acids is 1. The van der Waals surface area contributed by atoms with Gasteiger partial charge in [0.1, 0.15) is 0 Å². The summed E-state index contributed by atoms with van der Waals surface area (Å²) < 4.78 is 0. The third kappa shape index (κ3) is 0.650. The normalized spacial score (nSPS) is 29.1. The fourth-order valence-electron chi connectivity index (χ4n) is 1.23. The first-order valence-electron chi connectivity index (χ1n) is 2.86. The number of hydrogen-bond donors (Lipinski definition) is 0. The molecule has 2 aliphatic heterocycles. The maximum atomic E-state index is 10.6. The van der Waals surface area contributed by atoms with Gasteiger partial charge in [-0.05, 0) is 6.42 Å². The maximum Gasteiger partial charge on any atom is 0.228 e. The summed E-state index contributed by atoms with van der Waals surface area (Å²) in [6.45, 7) is 0. The first-order chi connectivity index (χ1) is 3.88. The van der Waals surface area contributed by atoms with Gasteiger partial charge in [0.15, 0.2) is 0 Å². The molecule has 0 aromatic carbocycles. The van der Waals surface area contributed by atoms with Gasteiger partial charge in [0, 0.05) is 18.7 Å². The minimum atomic E-state index is 0. The van der Waals surface area contributed by atoms with E-state index in [0.29, 0.717) is 6.04 Å². The second kappa shape index (κ2) is 1.84. The molecule has 2 heterocycles. The first kappa shape index (κ1) is 6.29. The van der Waals surface area contributed by atoms with E-state index in [2.05, 4.69) is 6.08 Å². The van der Waals surface area contributed by atoms with E-state index < -0.39 is 0 Å². The molecule has 0 aromatic heterocycles. The summed E-state index contributed by atoms with van der Waals surface area (Å²) in [6, 6.07) is 0.544. The summed E-state index contributed by atoms with van der Waals surface area (Å²) in [5.74, 6) is 0.281. The molecule has 9 heavy (non-hydrogen) atoms. The minimum absolute atomic E-state index is 0. The van der Waals surface area contributed by atoms with Crippen molar-refractivity contribution in [2.45, 2.75) is 18.9 Å². The van der Waals surface area contributed by atoms with Crippen molar-refractivity contribution in [1.82, 2.24) is 4.90 Å². The van der Waals surface area contributed by atoms with Crippen molar-refractivity contribution >= 4 is 5.91 Å². The van der Waals surface area contributed by atoms with E-state index in [0.717, 1.165) is 12.8 Å². The van der Waals surface area contributed by atoms with Crippen molar-refractivity contribution < 1.29 is 10.3 Å². The quantitative estimate of drug-likeness (QED) is 0.411. The second-order valence-electron chi connectivity index (χ2n) is 2.28. The third-order valence-electron chi connectivity index (χ3n) is 1.77. The predicted molar refractivity (Wildman–Crippen MR) is 32.6 cm³/mol. The van der Waals surface area contributed by atoms with Crippen molar-refractivity contribution in [1.29, 1.82) is 0 Å². The SMILES string of the molecule is O.O=C1C[C@H]2CC=CN12. The number of hydrogen-bond acceptors (Lipinski definition) is 1. The number of fused-ring (bicyclic) bond motifs is 1. The van der Waals surface area contributed by atoms with Crippen LogP contribution in [0.15, 0.2) is 12.3 Å². The maximum absolute atomic E-state index is 10.6. The second-order valence-corrected chi connectivity index (χ2v) is 2.28. The molecule has 1 atom stereocenters. The van der Waals surface area contributed by atoms with Crippen LogP contribution in [-0.4, -0.2) is 22.3 Å². The lowest BCUT2D eigenvalue weighted by Gasteiger charge is -2.32. The Morgan fingerprint density at radius 2 is 2.44 bits per heavy atom. The summed E-state index contributed by atoms with van der Waals surface area (Å²) in [4.78, 5) is 12.4. The Kier molecular flexibility index (Phi) is 1.29. The fourth-order valence-corrected chi connectivity index (χ4v) is 1.23. The van der Waals surface area contributed by atoms with Gasteiger partial charge in [0.2, 0.25) is 5.91 Å². The number of amides is 1. The Morgan fingerprint density at radius 1 is 1.67 bits per heavy atom. The van der Waals surface area contributed by atoms with E-state index >= 15 is 0 Å². The zero-order valence-electron chi connectivity index (χ0n) is 5.00. The summed E-state index contributed by atoms with van der Waals surface area (Å²) in [6.07, 6.45) is 5.78. The van der Waals surface area contributed by atoms with Crippen molar-refractivity contribution in [3.8, 4) is 0 Å². The molecule has 0 unspecified atom stereocenters. The topological polar surface area (TPSA) is 51.8 Å². The van der Waals surface area contributed by atoms with Gasteiger partial charge < -0.3 is 10.4 Å². The first-order valence-corrected chi connectivity index (χ1v) is 2.86. The highest BCUT2D eigenvalue weighted by Crippen LogP contribution is 2.27. The van der Waals surface area contributed by atoms with Gasteiger partial charge in [-0.25, -0.2) is 0 Å². The van der Waals surface area contributed by atoms with Crippen LogP contribution in [0, 0.1) is 0 Å². The van der Waals surface area contributed by atoms with E-state index in [1.165, 1.54) is 0 Å². The molecule has 2 N–H and O–H groups in total. The monoisotopic (exact) mass is 127 g/mol. The van der Waals surface area contributed by atoms with Gasteiger partial charge in [-0.2, -0.15) is 0 Å². The molecule has 2 aliphatic rings. The molecule has 3 heteroatoms. The van der Waals surface area contributed by atoms with Crippen LogP contribution in [0.5, 0.6) is 0 Å². The Hall–Kier alpha value is -0.830. The van der Waals surface area contributed by atoms with Gasteiger partial charge in [0.05, 0.1) is 0 Å². The van der Waals surface area contributed by atoms with Crippen LogP contribution in [0.2, 0.25) is 0 Å². The molecule has 1 fully saturated rings. The van der Waals surface area contributed by atoms with Gasteiger partial charge >= 0.3 is 0 Å². The Morgan fingerprint density at radius 3 is 2.89 bits per heavy atom. The standard InChI is InChI=1S/C6H7NO.H2O/c8-6-4-5-2-1-3-7(5)6;/h1,3,5H,2,4H2;1H2/t5-;/m1./s1. The summed E-state index contributed by atoms with van der Waals surface area (Å²) >= 11 is 0. The third-order valence-corrected chi connectivity index (χ3v) is 1.77. The highest BCUT2D eigenvalue weighted by atomic mass is 16.2. The number of carbonyl (C=O) groups is 1. The van der Waals surface area contributed by atoms with Crippen LogP contribution < -0.4 is 0 Å². The smallest absolute Gasteiger partial charge is 0.228 e. The van der Waals surface area contributed by atoms with Crippen LogP contribution >= 0.6 is 0 Å². The molecule has 0 bridgehead atoms. The van der Waals surface area contributed by atoms with E-state index in [9.17, 15) is 4.79 Å². The molecule has 3 nitrogen and oxygen atoms in total. The molecule has 0 aliphatic carbocycles. The van der Waals surface area contributed by atoms with Crippen molar-refractivity contribution in [2.75, 3.05) is 0 Å². The van der Waals surface area contributed by atoms with Gasteiger partial charge in [0.25, 0.3) is 0 Å². The highest BCUT2D eigenvalue weighted by Gasteiger charge is 2.35. The van der Waals surface area contributed by atoms with E-state index in [-0.39, 0.29) is 11.4 Å². The lowest BCUT2D eigenvalue weighted by Crippen LogP contribution is -2.45. The Bertz CT molecular complexity index is 164. The van der Waals surface area contributed by atoms with E-state index in [4.69, 9.17) is 0 Å². The minimum Gasteiger partial charge on any atom is -0.412 e. The highest BCUT2D eigenvalue weighted by molar-refractivity contribution is 5.84. The molecule has 0 saturated carbocycles. The average Bonchev–Trinajstić information content (AvgIpc) is 2.09. The Balaban J connectivity index is 0.000000405. The number of β-lactam (4-membered cyclic amide) rings is 1. The zero-order chi connectivity index (χ0) is 5.56. The van der Waals surface area contributed by atoms with Crippen LogP contribution in [0.4, 0.5) is 0 Å². The molecule has 1 amide bonds. The summed E-state index contributed by atoms with van der Waals surface area (Å²) in [5, 5.41) is 0. The number of nitrogens with zero attached hydrogens (tertiary/aromatic N) is 1. The lowest BCUT2D eigenvalue weighted by atomic mass is 10.0. The average molecular weight is 127 g/mol. The van der Waals surface area contributed by atoms with Gasteiger partial charge in [-0.3, -0.25) is 4.79 Å². The predicted octanol–water partition coefficient (Wildman–Crippen LogP) is -0.320. The molecule has 0 aromatic rings. The lowest BCUT2D eigenvalue weighted by molar-refractivity contribution is -0.140. The van der Waals surface area contributed by atoms with Gasteiger partial charge in [-0.1, -0.05) is 6.08 Å².